The standard InChI is InChI=1S/C25H42N2/c1-7-9-19-10-11-20-22-13-12-21(18(3)27-17-26-6)25(22,5)16-14-23(20)24(19,4)15-8-2/h7,9,20-23,26H,1,8,10-17H2,2-6H3/b19-9-,27-18+. The lowest BCUT2D eigenvalue weighted by Gasteiger charge is -2.57. The number of rotatable bonds is 6. The fraction of sp³-hybridized carbons (Fsp3) is 0.800. The van der Waals surface area contributed by atoms with Crippen molar-refractivity contribution in [3.63, 3.8) is 0 Å². The average Bonchev–Trinajstić information content (AvgIpc) is 3.00. The van der Waals surface area contributed by atoms with Gasteiger partial charge >= 0.3 is 0 Å². The van der Waals surface area contributed by atoms with E-state index in [0.29, 0.717) is 16.7 Å². The van der Waals surface area contributed by atoms with Gasteiger partial charge in [-0.3, -0.25) is 4.99 Å². The van der Waals surface area contributed by atoms with Crippen LogP contribution in [0.5, 0.6) is 0 Å². The lowest BCUT2D eigenvalue weighted by atomic mass is 9.47. The first-order chi connectivity index (χ1) is 12.9. The molecule has 0 aromatic rings. The van der Waals surface area contributed by atoms with Gasteiger partial charge in [0.05, 0.1) is 6.67 Å². The molecule has 0 radical (unpaired) electrons. The van der Waals surface area contributed by atoms with Crippen molar-refractivity contribution in [1.82, 2.24) is 5.32 Å². The molecular weight excluding hydrogens is 328 g/mol. The van der Waals surface area contributed by atoms with Crippen LogP contribution < -0.4 is 5.32 Å². The lowest BCUT2D eigenvalue weighted by molar-refractivity contribution is -0.0408. The SMILES string of the molecule is C=C/C=C1/CCC2C(CCC3(C)C(/C(C)=N/CNC)CCC23)C1(C)CCC. The summed E-state index contributed by atoms with van der Waals surface area (Å²) >= 11 is 0. The molecule has 152 valence electrons. The van der Waals surface area contributed by atoms with Crippen LogP contribution in [0.15, 0.2) is 29.3 Å². The highest BCUT2D eigenvalue weighted by molar-refractivity contribution is 5.85. The minimum Gasteiger partial charge on any atom is -0.301 e. The monoisotopic (exact) mass is 370 g/mol. The van der Waals surface area contributed by atoms with Crippen LogP contribution in [0.3, 0.4) is 0 Å². The number of hydrogen-bond acceptors (Lipinski definition) is 2. The van der Waals surface area contributed by atoms with Crippen LogP contribution >= 0.6 is 0 Å². The molecule has 27 heavy (non-hydrogen) atoms. The van der Waals surface area contributed by atoms with E-state index >= 15 is 0 Å². The number of allylic oxidation sites excluding steroid dienone is 3. The summed E-state index contributed by atoms with van der Waals surface area (Å²) in [4.78, 5) is 4.84. The Morgan fingerprint density at radius 1 is 1.22 bits per heavy atom. The van der Waals surface area contributed by atoms with Crippen molar-refractivity contribution in [2.75, 3.05) is 13.7 Å². The Labute approximate surface area is 168 Å². The molecule has 0 heterocycles. The first kappa shape index (κ1) is 20.8. The van der Waals surface area contributed by atoms with Gasteiger partial charge < -0.3 is 5.32 Å². The molecule has 0 bridgehead atoms. The van der Waals surface area contributed by atoms with Gasteiger partial charge in [0.25, 0.3) is 0 Å². The second-order valence-electron chi connectivity index (χ2n) is 10.00. The quantitative estimate of drug-likeness (QED) is 0.538. The molecule has 0 spiro atoms. The van der Waals surface area contributed by atoms with Crippen LogP contribution in [0.1, 0.15) is 79.1 Å². The van der Waals surface area contributed by atoms with Gasteiger partial charge in [0.15, 0.2) is 0 Å². The third kappa shape index (κ3) is 3.48. The molecule has 6 unspecified atom stereocenters. The summed E-state index contributed by atoms with van der Waals surface area (Å²) in [6, 6.07) is 0. The van der Waals surface area contributed by atoms with Gasteiger partial charge in [-0.05, 0) is 87.5 Å². The van der Waals surface area contributed by atoms with Gasteiger partial charge in [0.2, 0.25) is 0 Å². The molecule has 0 amide bonds. The zero-order valence-corrected chi connectivity index (χ0v) is 18.5. The van der Waals surface area contributed by atoms with Crippen molar-refractivity contribution < 1.29 is 0 Å². The minimum absolute atomic E-state index is 0.389. The van der Waals surface area contributed by atoms with Crippen molar-refractivity contribution >= 4 is 5.71 Å². The maximum atomic E-state index is 4.84. The van der Waals surface area contributed by atoms with Crippen LogP contribution in [0.2, 0.25) is 0 Å². The molecule has 3 aliphatic rings. The number of aliphatic imine (C=N–C) groups is 1. The molecule has 6 atom stereocenters. The summed E-state index contributed by atoms with van der Waals surface area (Å²) in [5.41, 5.74) is 3.94. The Hall–Kier alpha value is -0.890. The van der Waals surface area contributed by atoms with Crippen molar-refractivity contribution in [2.24, 2.45) is 39.5 Å². The van der Waals surface area contributed by atoms with E-state index in [1.54, 1.807) is 5.57 Å². The molecule has 2 heteroatoms. The van der Waals surface area contributed by atoms with Gasteiger partial charge in [0.1, 0.15) is 0 Å². The predicted molar refractivity (Wildman–Crippen MR) is 118 cm³/mol. The van der Waals surface area contributed by atoms with E-state index in [2.05, 4.69) is 45.7 Å². The summed E-state index contributed by atoms with van der Waals surface area (Å²) in [6.45, 7) is 14.6. The van der Waals surface area contributed by atoms with Crippen LogP contribution in [0.4, 0.5) is 0 Å². The van der Waals surface area contributed by atoms with Gasteiger partial charge in [-0.2, -0.15) is 0 Å². The maximum Gasteiger partial charge on any atom is 0.0881 e. The summed E-state index contributed by atoms with van der Waals surface area (Å²) in [6.07, 6.45) is 15.2. The molecule has 3 fully saturated rings. The van der Waals surface area contributed by atoms with E-state index in [9.17, 15) is 0 Å². The van der Waals surface area contributed by atoms with Gasteiger partial charge in [-0.1, -0.05) is 51.5 Å². The van der Waals surface area contributed by atoms with Crippen LogP contribution in [-0.2, 0) is 0 Å². The normalized spacial score (nSPS) is 43.4. The molecule has 0 aromatic carbocycles. The third-order valence-corrected chi connectivity index (χ3v) is 8.82. The summed E-state index contributed by atoms with van der Waals surface area (Å²) < 4.78 is 0. The highest BCUT2D eigenvalue weighted by Crippen LogP contribution is 2.66. The second-order valence-corrected chi connectivity index (χ2v) is 10.00. The van der Waals surface area contributed by atoms with E-state index in [1.165, 1.54) is 57.1 Å². The number of nitrogens with zero attached hydrogens (tertiary/aromatic N) is 1. The molecular formula is C25H42N2. The number of hydrogen-bond donors (Lipinski definition) is 1. The molecule has 1 N–H and O–H groups in total. The highest BCUT2D eigenvalue weighted by Gasteiger charge is 2.58. The summed E-state index contributed by atoms with van der Waals surface area (Å²) in [5.74, 6) is 3.36. The Morgan fingerprint density at radius 2 is 2.00 bits per heavy atom. The molecule has 3 saturated carbocycles. The Morgan fingerprint density at radius 3 is 2.67 bits per heavy atom. The molecule has 0 aromatic heterocycles. The van der Waals surface area contributed by atoms with Crippen LogP contribution in [0, 0.1) is 34.5 Å². The number of fused-ring (bicyclic) bond motifs is 3. The summed E-state index contributed by atoms with van der Waals surface area (Å²) in [5, 5.41) is 3.19. The van der Waals surface area contributed by atoms with Crippen LogP contribution in [0.25, 0.3) is 0 Å². The van der Waals surface area contributed by atoms with Crippen molar-refractivity contribution in [3.05, 3.63) is 24.3 Å². The smallest absolute Gasteiger partial charge is 0.0881 e. The predicted octanol–water partition coefficient (Wildman–Crippen LogP) is 6.40. The largest absolute Gasteiger partial charge is 0.301 e. The van der Waals surface area contributed by atoms with Crippen molar-refractivity contribution in [1.29, 1.82) is 0 Å². The van der Waals surface area contributed by atoms with E-state index in [0.717, 1.165) is 24.4 Å². The Balaban J connectivity index is 1.88. The lowest BCUT2D eigenvalue weighted by Crippen LogP contribution is -2.50. The van der Waals surface area contributed by atoms with Gasteiger partial charge in [0, 0.05) is 11.6 Å². The zero-order valence-electron chi connectivity index (χ0n) is 18.5. The maximum absolute atomic E-state index is 4.84. The first-order valence-corrected chi connectivity index (χ1v) is 11.4. The molecule has 2 nitrogen and oxygen atoms in total. The van der Waals surface area contributed by atoms with E-state index in [1.807, 2.05) is 13.1 Å². The molecule has 3 rings (SSSR count). The Bertz CT molecular complexity index is 603. The number of nitrogens with one attached hydrogen (secondary N) is 1. The van der Waals surface area contributed by atoms with Gasteiger partial charge in [-0.25, -0.2) is 0 Å². The molecule has 0 aliphatic heterocycles. The third-order valence-electron chi connectivity index (χ3n) is 8.82. The second kappa shape index (κ2) is 8.23. The molecule has 3 aliphatic carbocycles. The van der Waals surface area contributed by atoms with E-state index < -0.39 is 0 Å². The first-order valence-electron chi connectivity index (χ1n) is 11.4. The average molecular weight is 371 g/mol. The topological polar surface area (TPSA) is 24.4 Å². The van der Waals surface area contributed by atoms with Gasteiger partial charge in [-0.15, -0.1) is 0 Å². The molecule has 0 saturated heterocycles. The van der Waals surface area contributed by atoms with E-state index in [-0.39, 0.29) is 0 Å². The highest BCUT2D eigenvalue weighted by atomic mass is 15.0. The minimum atomic E-state index is 0.389. The van der Waals surface area contributed by atoms with Crippen molar-refractivity contribution in [3.8, 4) is 0 Å². The fourth-order valence-corrected chi connectivity index (χ4v) is 7.61. The van der Waals surface area contributed by atoms with E-state index in [4.69, 9.17) is 4.99 Å². The Kier molecular flexibility index (Phi) is 6.35. The van der Waals surface area contributed by atoms with Crippen LogP contribution in [-0.4, -0.2) is 19.4 Å². The summed E-state index contributed by atoms with van der Waals surface area (Å²) in [7, 11) is 1.99. The zero-order chi connectivity index (χ0) is 19.7. The fourth-order valence-electron chi connectivity index (χ4n) is 7.61. The van der Waals surface area contributed by atoms with Crippen molar-refractivity contribution in [2.45, 2.75) is 79.1 Å².